The summed E-state index contributed by atoms with van der Waals surface area (Å²) >= 11 is 0. The van der Waals surface area contributed by atoms with Gasteiger partial charge in [-0.15, -0.1) is 0 Å². The van der Waals surface area contributed by atoms with Crippen molar-refractivity contribution in [3.05, 3.63) is 42.2 Å². The summed E-state index contributed by atoms with van der Waals surface area (Å²) in [4.78, 5) is 27.4. The molecule has 1 saturated heterocycles. The van der Waals surface area contributed by atoms with Gasteiger partial charge in [0.05, 0.1) is 0 Å². The topological polar surface area (TPSA) is 75.4 Å². The van der Waals surface area contributed by atoms with E-state index < -0.39 is 5.54 Å². The third kappa shape index (κ3) is 3.89. The number of likely N-dealkylation sites (N-methyl/N-ethyl adjacent to an activating group) is 1. The van der Waals surface area contributed by atoms with E-state index in [9.17, 15) is 9.59 Å². The number of rotatable bonds is 7. The van der Waals surface area contributed by atoms with Gasteiger partial charge in [0.1, 0.15) is 17.0 Å². The van der Waals surface area contributed by atoms with Crippen LogP contribution in [0.5, 0.6) is 0 Å². The molecular weight excluding hydrogens is 342 g/mol. The molecule has 1 N–H and O–H groups in total. The van der Waals surface area contributed by atoms with Crippen molar-refractivity contribution in [3.8, 4) is 11.3 Å². The molecule has 0 radical (unpaired) electrons. The standard InChI is InChI=1S/C21H27N3O3/c1-3-9-19(25)24-13-8-12-21(24,20(26)22-4-2)15-17-14-18(23-27-17)16-10-6-5-7-11-16/h5-7,10-11,14H,3-4,8-9,12-13,15H2,1-2H3,(H,22,26)/t21-/m1/s1. The number of carbonyl (C=O) groups is 2. The van der Waals surface area contributed by atoms with Crippen LogP contribution in [0.15, 0.2) is 40.9 Å². The molecule has 1 aliphatic heterocycles. The van der Waals surface area contributed by atoms with Gasteiger partial charge in [-0.05, 0) is 26.2 Å². The fraction of sp³-hybridized carbons (Fsp3) is 0.476. The smallest absolute Gasteiger partial charge is 0.246 e. The molecule has 1 atom stereocenters. The molecule has 2 amide bonds. The molecule has 3 rings (SSSR count). The molecular formula is C21H27N3O3. The SMILES string of the molecule is CCCC(=O)N1CCC[C@@]1(Cc1cc(-c2ccccc2)no1)C(=O)NCC. The fourth-order valence-electron chi connectivity index (χ4n) is 3.85. The lowest BCUT2D eigenvalue weighted by Gasteiger charge is -2.36. The zero-order valence-corrected chi connectivity index (χ0v) is 16.0. The zero-order chi connectivity index (χ0) is 19.3. The van der Waals surface area contributed by atoms with Crippen LogP contribution >= 0.6 is 0 Å². The van der Waals surface area contributed by atoms with Gasteiger partial charge in [-0.1, -0.05) is 42.4 Å². The molecule has 144 valence electrons. The van der Waals surface area contributed by atoms with Gasteiger partial charge in [-0.2, -0.15) is 0 Å². The normalized spacial score (nSPS) is 19.3. The summed E-state index contributed by atoms with van der Waals surface area (Å²) < 4.78 is 5.55. The predicted octanol–water partition coefficient (Wildman–Crippen LogP) is 3.18. The van der Waals surface area contributed by atoms with E-state index in [1.807, 2.05) is 50.2 Å². The van der Waals surface area contributed by atoms with Crippen LogP contribution in [-0.4, -0.2) is 40.5 Å². The Morgan fingerprint density at radius 3 is 2.74 bits per heavy atom. The highest BCUT2D eigenvalue weighted by Gasteiger charge is 2.49. The Labute approximate surface area is 159 Å². The molecule has 0 spiro atoms. The van der Waals surface area contributed by atoms with Crippen molar-refractivity contribution in [2.45, 2.75) is 51.5 Å². The van der Waals surface area contributed by atoms with Gasteiger partial charge < -0.3 is 14.7 Å². The molecule has 0 aliphatic carbocycles. The second-order valence-electron chi connectivity index (χ2n) is 7.01. The number of benzene rings is 1. The highest BCUT2D eigenvalue weighted by molar-refractivity contribution is 5.92. The molecule has 6 nitrogen and oxygen atoms in total. The molecule has 2 aromatic rings. The monoisotopic (exact) mass is 369 g/mol. The van der Waals surface area contributed by atoms with Gasteiger partial charge in [-0.3, -0.25) is 9.59 Å². The Kier molecular flexibility index (Phi) is 5.94. The average molecular weight is 369 g/mol. The van der Waals surface area contributed by atoms with E-state index in [0.717, 1.165) is 24.1 Å². The largest absolute Gasteiger partial charge is 0.361 e. The van der Waals surface area contributed by atoms with Crippen LogP contribution in [0, 0.1) is 0 Å². The minimum absolute atomic E-state index is 0.0315. The van der Waals surface area contributed by atoms with Crippen LogP contribution in [0.4, 0.5) is 0 Å². The minimum atomic E-state index is -0.893. The van der Waals surface area contributed by atoms with E-state index >= 15 is 0 Å². The predicted molar refractivity (Wildman–Crippen MR) is 103 cm³/mol. The maximum atomic E-state index is 13.0. The Morgan fingerprint density at radius 1 is 1.26 bits per heavy atom. The van der Waals surface area contributed by atoms with Crippen LogP contribution in [0.2, 0.25) is 0 Å². The lowest BCUT2D eigenvalue weighted by molar-refractivity contribution is -0.145. The van der Waals surface area contributed by atoms with Gasteiger partial charge in [-0.25, -0.2) is 0 Å². The van der Waals surface area contributed by atoms with E-state index in [4.69, 9.17) is 4.52 Å². The fourth-order valence-corrected chi connectivity index (χ4v) is 3.85. The second kappa shape index (κ2) is 8.37. The molecule has 1 aromatic carbocycles. The molecule has 6 heteroatoms. The van der Waals surface area contributed by atoms with Gasteiger partial charge in [0.2, 0.25) is 11.8 Å². The van der Waals surface area contributed by atoms with Crippen molar-refractivity contribution >= 4 is 11.8 Å². The Bertz CT molecular complexity index is 787. The summed E-state index contributed by atoms with van der Waals surface area (Å²) in [7, 11) is 0. The quantitative estimate of drug-likeness (QED) is 0.813. The van der Waals surface area contributed by atoms with Crippen LogP contribution < -0.4 is 5.32 Å². The molecule has 0 unspecified atom stereocenters. The minimum Gasteiger partial charge on any atom is -0.361 e. The van der Waals surface area contributed by atoms with Crippen molar-refractivity contribution in [3.63, 3.8) is 0 Å². The zero-order valence-electron chi connectivity index (χ0n) is 16.0. The van der Waals surface area contributed by atoms with Crippen molar-refractivity contribution < 1.29 is 14.1 Å². The van der Waals surface area contributed by atoms with Gasteiger partial charge in [0.25, 0.3) is 0 Å². The molecule has 1 aromatic heterocycles. The third-order valence-electron chi connectivity index (χ3n) is 5.11. The number of amides is 2. The van der Waals surface area contributed by atoms with E-state index in [1.165, 1.54) is 0 Å². The molecule has 0 bridgehead atoms. The highest BCUT2D eigenvalue weighted by Crippen LogP contribution is 2.35. The molecule has 1 fully saturated rings. The maximum absolute atomic E-state index is 13.0. The van der Waals surface area contributed by atoms with E-state index in [-0.39, 0.29) is 11.8 Å². The summed E-state index contributed by atoms with van der Waals surface area (Å²) in [6.45, 7) is 5.00. The highest BCUT2D eigenvalue weighted by atomic mass is 16.5. The van der Waals surface area contributed by atoms with Gasteiger partial charge in [0, 0.05) is 37.6 Å². The number of nitrogens with zero attached hydrogens (tertiary/aromatic N) is 2. The summed E-state index contributed by atoms with van der Waals surface area (Å²) in [6.07, 6.45) is 3.00. The summed E-state index contributed by atoms with van der Waals surface area (Å²) in [6, 6.07) is 11.6. The first kappa shape index (κ1) is 19.1. The Hall–Kier alpha value is -2.63. The maximum Gasteiger partial charge on any atom is 0.246 e. The molecule has 0 saturated carbocycles. The first-order valence-corrected chi connectivity index (χ1v) is 9.70. The van der Waals surface area contributed by atoms with Crippen molar-refractivity contribution in [2.24, 2.45) is 0 Å². The lowest BCUT2D eigenvalue weighted by Crippen LogP contribution is -2.58. The third-order valence-corrected chi connectivity index (χ3v) is 5.11. The van der Waals surface area contributed by atoms with Gasteiger partial charge >= 0.3 is 0 Å². The summed E-state index contributed by atoms with van der Waals surface area (Å²) in [5.74, 6) is 0.546. The first-order valence-electron chi connectivity index (χ1n) is 9.70. The van der Waals surface area contributed by atoms with Crippen LogP contribution in [0.3, 0.4) is 0 Å². The number of likely N-dealkylation sites (tertiary alicyclic amines) is 1. The van der Waals surface area contributed by atoms with Gasteiger partial charge in [0.15, 0.2) is 0 Å². The van der Waals surface area contributed by atoms with Crippen molar-refractivity contribution in [2.75, 3.05) is 13.1 Å². The summed E-state index contributed by atoms with van der Waals surface area (Å²) in [5, 5.41) is 7.08. The molecule has 1 aliphatic rings. The lowest BCUT2D eigenvalue weighted by atomic mass is 9.88. The van der Waals surface area contributed by atoms with Crippen LogP contribution in [0.25, 0.3) is 11.3 Å². The van der Waals surface area contributed by atoms with Crippen LogP contribution in [0.1, 0.15) is 45.3 Å². The average Bonchev–Trinajstić information content (AvgIpc) is 3.31. The molecule has 2 heterocycles. The first-order chi connectivity index (χ1) is 13.1. The second-order valence-corrected chi connectivity index (χ2v) is 7.01. The molecule has 27 heavy (non-hydrogen) atoms. The number of nitrogens with one attached hydrogen (secondary N) is 1. The van der Waals surface area contributed by atoms with E-state index in [2.05, 4.69) is 10.5 Å². The number of hydrogen-bond acceptors (Lipinski definition) is 4. The van der Waals surface area contributed by atoms with E-state index in [1.54, 1.807) is 4.90 Å². The van der Waals surface area contributed by atoms with Crippen LogP contribution in [-0.2, 0) is 16.0 Å². The summed E-state index contributed by atoms with van der Waals surface area (Å²) in [5.41, 5.74) is 0.807. The van der Waals surface area contributed by atoms with E-state index in [0.29, 0.717) is 38.1 Å². The number of hydrogen-bond donors (Lipinski definition) is 1. The Balaban J connectivity index is 1.89. The number of carbonyl (C=O) groups excluding carboxylic acids is 2. The van der Waals surface area contributed by atoms with Crippen molar-refractivity contribution in [1.29, 1.82) is 0 Å². The number of aromatic nitrogens is 1. The van der Waals surface area contributed by atoms with Crippen molar-refractivity contribution in [1.82, 2.24) is 15.4 Å². The Morgan fingerprint density at radius 2 is 2.04 bits per heavy atom.